The van der Waals surface area contributed by atoms with Gasteiger partial charge in [0.15, 0.2) is 0 Å². The average molecular weight is 443 g/mol. The fraction of sp³-hybridized carbons (Fsp3) is 0.192. The molecule has 1 heterocycles. The Morgan fingerprint density at radius 3 is 2.42 bits per heavy atom. The molecular formula is C26H26N4O3. The second-order valence-electron chi connectivity index (χ2n) is 7.87. The van der Waals surface area contributed by atoms with E-state index in [1.165, 1.54) is 4.90 Å². The number of nitrogens with one attached hydrogen (secondary N) is 1. The van der Waals surface area contributed by atoms with Crippen LogP contribution in [0.2, 0.25) is 0 Å². The first-order valence-electron chi connectivity index (χ1n) is 10.7. The summed E-state index contributed by atoms with van der Waals surface area (Å²) in [4.78, 5) is 31.4. The smallest absolute Gasteiger partial charge is 0.243 e. The monoisotopic (exact) mass is 442 g/mol. The van der Waals surface area contributed by atoms with E-state index in [4.69, 9.17) is 4.74 Å². The molecule has 0 aliphatic heterocycles. The van der Waals surface area contributed by atoms with Crippen molar-refractivity contribution in [2.75, 3.05) is 18.9 Å². The molecule has 3 aromatic carbocycles. The van der Waals surface area contributed by atoms with Gasteiger partial charge in [-0.3, -0.25) is 9.59 Å². The van der Waals surface area contributed by atoms with Crippen molar-refractivity contribution in [3.8, 4) is 5.75 Å². The molecule has 1 N–H and O–H groups in total. The molecule has 7 heteroatoms. The SMILES string of the molecule is Cc1ccc(NC(=O)CN(C)C(=O)Cn2c(COc3ccccc3)nc3ccccc32)cc1. The molecule has 2 amide bonds. The van der Waals surface area contributed by atoms with Gasteiger partial charge in [-0.1, -0.05) is 48.0 Å². The first kappa shape index (κ1) is 22.1. The molecule has 4 rings (SSSR count). The predicted molar refractivity (Wildman–Crippen MR) is 128 cm³/mol. The van der Waals surface area contributed by atoms with E-state index in [2.05, 4.69) is 10.3 Å². The van der Waals surface area contributed by atoms with E-state index in [1.54, 1.807) is 7.05 Å². The number of ether oxygens (including phenoxy) is 1. The number of fused-ring (bicyclic) bond motifs is 1. The summed E-state index contributed by atoms with van der Waals surface area (Å²) in [6, 6.07) is 24.6. The standard InChI is InChI=1S/C26H26N4O3/c1-19-12-14-20(15-13-19)27-25(31)16-29(2)26(32)17-30-23-11-7-6-10-22(23)28-24(30)18-33-21-8-4-3-5-9-21/h3-15H,16-18H2,1-2H3,(H,27,31). The number of aryl methyl sites for hydroxylation is 1. The number of para-hydroxylation sites is 3. The van der Waals surface area contributed by atoms with Crippen molar-refractivity contribution in [1.82, 2.24) is 14.5 Å². The summed E-state index contributed by atoms with van der Waals surface area (Å²) in [5, 5.41) is 2.82. The lowest BCUT2D eigenvalue weighted by Crippen LogP contribution is -2.37. The number of carbonyl (C=O) groups is 2. The van der Waals surface area contributed by atoms with Crippen LogP contribution in [-0.2, 0) is 22.7 Å². The Bertz CT molecular complexity index is 1250. The van der Waals surface area contributed by atoms with Gasteiger partial charge in [-0.2, -0.15) is 0 Å². The number of rotatable bonds is 8. The fourth-order valence-electron chi connectivity index (χ4n) is 3.47. The summed E-state index contributed by atoms with van der Waals surface area (Å²) in [6.07, 6.45) is 0. The van der Waals surface area contributed by atoms with Gasteiger partial charge in [0.2, 0.25) is 11.8 Å². The van der Waals surface area contributed by atoms with E-state index in [1.807, 2.05) is 90.4 Å². The first-order chi connectivity index (χ1) is 16.0. The van der Waals surface area contributed by atoms with Gasteiger partial charge in [-0.25, -0.2) is 4.98 Å². The number of imidazole rings is 1. The molecule has 1 aromatic heterocycles. The third kappa shape index (κ3) is 5.57. The van der Waals surface area contributed by atoms with E-state index in [9.17, 15) is 9.59 Å². The van der Waals surface area contributed by atoms with Crippen LogP contribution < -0.4 is 10.1 Å². The topological polar surface area (TPSA) is 76.5 Å². The number of nitrogens with zero attached hydrogens (tertiary/aromatic N) is 3. The summed E-state index contributed by atoms with van der Waals surface area (Å²) in [5.41, 5.74) is 3.44. The van der Waals surface area contributed by atoms with Gasteiger partial charge in [-0.15, -0.1) is 0 Å². The van der Waals surface area contributed by atoms with Gasteiger partial charge in [0.1, 0.15) is 24.7 Å². The summed E-state index contributed by atoms with van der Waals surface area (Å²) in [6.45, 7) is 2.22. The minimum absolute atomic E-state index is 0.0464. The molecule has 0 atom stereocenters. The number of likely N-dealkylation sites (N-methyl/N-ethyl adjacent to an activating group) is 1. The van der Waals surface area contributed by atoms with Gasteiger partial charge in [0, 0.05) is 12.7 Å². The average Bonchev–Trinajstić information content (AvgIpc) is 3.17. The lowest BCUT2D eigenvalue weighted by Gasteiger charge is -2.18. The van der Waals surface area contributed by atoms with Gasteiger partial charge in [-0.05, 0) is 43.3 Å². The third-order valence-corrected chi connectivity index (χ3v) is 5.28. The number of hydrogen-bond donors (Lipinski definition) is 1. The van der Waals surface area contributed by atoms with Gasteiger partial charge in [0.05, 0.1) is 17.6 Å². The van der Waals surface area contributed by atoms with Crippen LogP contribution in [0.1, 0.15) is 11.4 Å². The summed E-state index contributed by atoms with van der Waals surface area (Å²) in [7, 11) is 1.62. The third-order valence-electron chi connectivity index (χ3n) is 5.28. The van der Waals surface area contributed by atoms with Crippen LogP contribution in [0.5, 0.6) is 5.75 Å². The van der Waals surface area contributed by atoms with Crippen LogP contribution >= 0.6 is 0 Å². The minimum atomic E-state index is -0.252. The Kier molecular flexibility index (Phi) is 6.69. The normalized spacial score (nSPS) is 10.7. The van der Waals surface area contributed by atoms with Crippen LogP contribution in [0.15, 0.2) is 78.9 Å². The molecule has 33 heavy (non-hydrogen) atoms. The number of anilines is 1. The maximum atomic E-state index is 13.0. The highest BCUT2D eigenvalue weighted by atomic mass is 16.5. The second kappa shape index (κ2) is 9.99. The highest BCUT2D eigenvalue weighted by Crippen LogP contribution is 2.19. The van der Waals surface area contributed by atoms with E-state index in [-0.39, 0.29) is 31.5 Å². The molecule has 0 saturated carbocycles. The zero-order chi connectivity index (χ0) is 23.2. The quantitative estimate of drug-likeness (QED) is 0.447. The van der Waals surface area contributed by atoms with Crippen LogP contribution in [0.3, 0.4) is 0 Å². The molecular weight excluding hydrogens is 416 g/mol. The highest BCUT2D eigenvalue weighted by molar-refractivity contribution is 5.94. The zero-order valence-electron chi connectivity index (χ0n) is 18.7. The summed E-state index contributed by atoms with van der Waals surface area (Å²) in [5.74, 6) is 0.925. The predicted octanol–water partition coefficient (Wildman–Crippen LogP) is 4.02. The van der Waals surface area contributed by atoms with Gasteiger partial charge in [0.25, 0.3) is 0 Å². The Morgan fingerprint density at radius 1 is 0.970 bits per heavy atom. The molecule has 0 spiro atoms. The molecule has 0 radical (unpaired) electrons. The minimum Gasteiger partial charge on any atom is -0.486 e. The Morgan fingerprint density at radius 2 is 1.67 bits per heavy atom. The second-order valence-corrected chi connectivity index (χ2v) is 7.87. The molecule has 4 aromatic rings. The number of benzene rings is 3. The van der Waals surface area contributed by atoms with Crippen LogP contribution in [0, 0.1) is 6.92 Å². The van der Waals surface area contributed by atoms with Crippen LogP contribution in [-0.4, -0.2) is 39.9 Å². The molecule has 0 saturated heterocycles. The van der Waals surface area contributed by atoms with Crippen molar-refractivity contribution in [2.45, 2.75) is 20.1 Å². The lowest BCUT2D eigenvalue weighted by atomic mass is 10.2. The van der Waals surface area contributed by atoms with Crippen molar-refractivity contribution >= 4 is 28.5 Å². The van der Waals surface area contributed by atoms with E-state index >= 15 is 0 Å². The summed E-state index contributed by atoms with van der Waals surface area (Å²) < 4.78 is 7.71. The van der Waals surface area contributed by atoms with Gasteiger partial charge >= 0.3 is 0 Å². The highest BCUT2D eigenvalue weighted by Gasteiger charge is 2.18. The molecule has 168 valence electrons. The Hall–Kier alpha value is -4.13. The molecule has 0 unspecified atom stereocenters. The number of aromatic nitrogens is 2. The molecule has 0 aliphatic rings. The van der Waals surface area contributed by atoms with Crippen molar-refractivity contribution < 1.29 is 14.3 Å². The largest absolute Gasteiger partial charge is 0.486 e. The molecule has 7 nitrogen and oxygen atoms in total. The number of amides is 2. The Labute approximate surface area is 192 Å². The summed E-state index contributed by atoms with van der Waals surface area (Å²) >= 11 is 0. The van der Waals surface area contributed by atoms with E-state index in [0.29, 0.717) is 11.5 Å². The van der Waals surface area contributed by atoms with Crippen molar-refractivity contribution in [1.29, 1.82) is 0 Å². The maximum absolute atomic E-state index is 13.0. The van der Waals surface area contributed by atoms with Crippen molar-refractivity contribution in [2.24, 2.45) is 0 Å². The number of hydrogen-bond acceptors (Lipinski definition) is 4. The Balaban J connectivity index is 1.44. The van der Waals surface area contributed by atoms with Crippen LogP contribution in [0.25, 0.3) is 11.0 Å². The molecule has 0 aliphatic carbocycles. The molecule has 0 bridgehead atoms. The fourth-order valence-corrected chi connectivity index (χ4v) is 3.47. The number of carbonyl (C=O) groups excluding carboxylic acids is 2. The van der Waals surface area contributed by atoms with Crippen molar-refractivity contribution in [3.05, 3.63) is 90.3 Å². The lowest BCUT2D eigenvalue weighted by molar-refractivity contribution is -0.133. The zero-order valence-corrected chi connectivity index (χ0v) is 18.7. The first-order valence-corrected chi connectivity index (χ1v) is 10.7. The maximum Gasteiger partial charge on any atom is 0.243 e. The van der Waals surface area contributed by atoms with E-state index in [0.717, 1.165) is 22.3 Å². The van der Waals surface area contributed by atoms with Crippen LogP contribution in [0.4, 0.5) is 5.69 Å². The van der Waals surface area contributed by atoms with Crippen molar-refractivity contribution in [3.63, 3.8) is 0 Å². The van der Waals surface area contributed by atoms with E-state index < -0.39 is 0 Å². The van der Waals surface area contributed by atoms with Gasteiger partial charge < -0.3 is 19.5 Å². The molecule has 0 fully saturated rings.